The molecule has 0 spiro atoms. The minimum absolute atomic E-state index is 0.329. The highest BCUT2D eigenvalue weighted by Crippen LogP contribution is 2.46. The highest BCUT2D eigenvalue weighted by atomic mass is 79.9. The molecule has 0 saturated carbocycles. The summed E-state index contributed by atoms with van der Waals surface area (Å²) in [6, 6.07) is 0. The number of likely N-dealkylation sites (N-methyl/N-ethyl adjacent to an activating group) is 1. The summed E-state index contributed by atoms with van der Waals surface area (Å²) in [6.45, 7) is 0.964. The lowest BCUT2D eigenvalue weighted by molar-refractivity contribution is 0.487. The van der Waals surface area contributed by atoms with Crippen molar-refractivity contribution in [3.05, 3.63) is 33.1 Å². The maximum Gasteiger partial charge on any atom is 0.180 e. The summed E-state index contributed by atoms with van der Waals surface area (Å²) in [6.07, 6.45) is 3.30. The third kappa shape index (κ3) is 1.33. The van der Waals surface area contributed by atoms with Crippen LogP contribution < -0.4 is 4.90 Å². The zero-order valence-corrected chi connectivity index (χ0v) is 10.5. The molecule has 1 aliphatic heterocycles. The van der Waals surface area contributed by atoms with Gasteiger partial charge in [0, 0.05) is 13.6 Å². The number of thiophene rings is 1. The van der Waals surface area contributed by atoms with Gasteiger partial charge in [-0.1, -0.05) is 0 Å². The van der Waals surface area contributed by atoms with E-state index >= 15 is 0 Å². The Bertz CT molecular complexity index is 480. The second kappa shape index (κ2) is 3.35. The molecule has 0 radical (unpaired) electrons. The number of nitrogens with zero attached hydrogens (tertiary/aromatic N) is 2. The van der Waals surface area contributed by atoms with E-state index in [2.05, 4.69) is 38.2 Å². The Morgan fingerprint density at radius 1 is 1.67 bits per heavy atom. The SMILES string of the molecule is CN1CC(c2cnco2)c2csc(Br)c21. The average Bonchev–Trinajstić information content (AvgIpc) is 2.86. The minimum Gasteiger partial charge on any atom is -0.448 e. The average molecular weight is 285 g/mol. The topological polar surface area (TPSA) is 29.3 Å². The summed E-state index contributed by atoms with van der Waals surface area (Å²) in [7, 11) is 2.10. The molecule has 0 aliphatic carbocycles. The molecule has 15 heavy (non-hydrogen) atoms. The summed E-state index contributed by atoms with van der Waals surface area (Å²) in [5.74, 6) is 1.28. The number of hydrogen-bond donors (Lipinski definition) is 0. The van der Waals surface area contributed by atoms with E-state index in [1.54, 1.807) is 17.5 Å². The first-order valence-electron chi connectivity index (χ1n) is 4.64. The van der Waals surface area contributed by atoms with Crippen LogP contribution in [0.1, 0.15) is 17.2 Å². The molecule has 1 atom stereocenters. The molecular weight excluding hydrogens is 276 g/mol. The first-order chi connectivity index (χ1) is 7.27. The Balaban J connectivity index is 2.09. The molecule has 1 unspecified atom stereocenters. The van der Waals surface area contributed by atoms with Gasteiger partial charge in [0.25, 0.3) is 0 Å². The van der Waals surface area contributed by atoms with Crippen LogP contribution in [0.2, 0.25) is 0 Å². The van der Waals surface area contributed by atoms with E-state index in [1.165, 1.54) is 21.4 Å². The van der Waals surface area contributed by atoms with E-state index in [0.717, 1.165) is 12.3 Å². The Kier molecular flexibility index (Phi) is 2.10. The second-order valence-electron chi connectivity index (χ2n) is 3.65. The van der Waals surface area contributed by atoms with Crippen molar-refractivity contribution in [2.45, 2.75) is 5.92 Å². The lowest BCUT2D eigenvalue weighted by Crippen LogP contribution is -2.15. The monoisotopic (exact) mass is 284 g/mol. The lowest BCUT2D eigenvalue weighted by Gasteiger charge is -2.12. The van der Waals surface area contributed by atoms with Crippen LogP contribution in [0.4, 0.5) is 5.69 Å². The number of rotatable bonds is 1. The first-order valence-corrected chi connectivity index (χ1v) is 6.31. The third-order valence-corrected chi connectivity index (χ3v) is 4.47. The maximum atomic E-state index is 5.38. The number of oxazole rings is 1. The Labute approximate surface area is 99.9 Å². The molecule has 78 valence electrons. The zero-order chi connectivity index (χ0) is 10.4. The fourth-order valence-corrected chi connectivity index (χ4v) is 3.77. The van der Waals surface area contributed by atoms with Crippen molar-refractivity contribution in [2.24, 2.45) is 0 Å². The molecule has 0 saturated heterocycles. The second-order valence-corrected chi connectivity index (χ2v) is 5.85. The van der Waals surface area contributed by atoms with Crippen molar-refractivity contribution in [3.63, 3.8) is 0 Å². The Hall–Kier alpha value is -0.810. The maximum absolute atomic E-state index is 5.38. The minimum atomic E-state index is 0.329. The standard InChI is InChI=1S/C10H9BrN2OS/c1-13-3-6(8-2-12-5-14-8)7-4-15-10(11)9(7)13/h2,4-6H,3H2,1H3. The van der Waals surface area contributed by atoms with Crippen LogP contribution in [-0.2, 0) is 0 Å². The number of aromatic nitrogens is 1. The van der Waals surface area contributed by atoms with Gasteiger partial charge in [-0.05, 0) is 26.9 Å². The Morgan fingerprint density at radius 2 is 2.53 bits per heavy atom. The fraction of sp³-hybridized carbons (Fsp3) is 0.300. The molecule has 3 rings (SSSR count). The van der Waals surface area contributed by atoms with Crippen LogP contribution in [-0.4, -0.2) is 18.6 Å². The molecule has 2 aromatic heterocycles. The van der Waals surface area contributed by atoms with Gasteiger partial charge >= 0.3 is 0 Å². The molecule has 3 nitrogen and oxygen atoms in total. The van der Waals surface area contributed by atoms with Crippen molar-refractivity contribution in [3.8, 4) is 0 Å². The van der Waals surface area contributed by atoms with Crippen LogP contribution in [0.15, 0.2) is 26.2 Å². The molecule has 3 heterocycles. The number of halogens is 1. The summed E-state index contributed by atoms with van der Waals surface area (Å²) in [5.41, 5.74) is 2.63. The van der Waals surface area contributed by atoms with Crippen molar-refractivity contribution >= 4 is 33.0 Å². The van der Waals surface area contributed by atoms with Gasteiger partial charge in [-0.2, -0.15) is 0 Å². The fourth-order valence-electron chi connectivity index (χ4n) is 2.06. The third-order valence-electron chi connectivity index (χ3n) is 2.76. The van der Waals surface area contributed by atoms with Crippen LogP contribution in [0.5, 0.6) is 0 Å². The van der Waals surface area contributed by atoms with Crippen LogP contribution in [0.3, 0.4) is 0 Å². The highest BCUT2D eigenvalue weighted by Gasteiger charge is 2.32. The molecule has 0 N–H and O–H groups in total. The van der Waals surface area contributed by atoms with Crippen molar-refractivity contribution in [1.82, 2.24) is 4.98 Å². The van der Waals surface area contributed by atoms with Gasteiger partial charge < -0.3 is 9.32 Å². The summed E-state index contributed by atoms with van der Waals surface area (Å²) < 4.78 is 6.58. The Morgan fingerprint density at radius 3 is 3.27 bits per heavy atom. The van der Waals surface area contributed by atoms with Gasteiger partial charge in [-0.3, -0.25) is 0 Å². The first kappa shape index (κ1) is 9.42. The van der Waals surface area contributed by atoms with Crippen molar-refractivity contribution in [2.75, 3.05) is 18.5 Å². The normalized spacial score (nSPS) is 19.6. The largest absolute Gasteiger partial charge is 0.448 e. The van der Waals surface area contributed by atoms with Gasteiger partial charge in [0.2, 0.25) is 0 Å². The summed E-state index contributed by atoms with van der Waals surface area (Å²) in [5, 5.41) is 2.19. The van der Waals surface area contributed by atoms with E-state index in [0.29, 0.717) is 5.92 Å². The van der Waals surface area contributed by atoms with Gasteiger partial charge in [-0.25, -0.2) is 4.98 Å². The van der Waals surface area contributed by atoms with Gasteiger partial charge in [0.05, 0.1) is 21.6 Å². The van der Waals surface area contributed by atoms with E-state index < -0.39 is 0 Å². The van der Waals surface area contributed by atoms with Crippen LogP contribution in [0.25, 0.3) is 0 Å². The molecule has 0 fully saturated rings. The lowest BCUT2D eigenvalue weighted by atomic mass is 10.0. The van der Waals surface area contributed by atoms with E-state index in [-0.39, 0.29) is 0 Å². The molecule has 5 heteroatoms. The van der Waals surface area contributed by atoms with E-state index in [1.807, 2.05) is 0 Å². The summed E-state index contributed by atoms with van der Waals surface area (Å²) >= 11 is 5.30. The molecule has 0 aromatic carbocycles. The quantitative estimate of drug-likeness (QED) is 0.806. The predicted molar refractivity (Wildman–Crippen MR) is 63.6 cm³/mol. The molecule has 0 bridgehead atoms. The number of anilines is 1. The molecule has 1 aliphatic rings. The number of fused-ring (bicyclic) bond motifs is 1. The van der Waals surface area contributed by atoms with E-state index in [9.17, 15) is 0 Å². The predicted octanol–water partition coefficient (Wildman–Crippen LogP) is 3.08. The molecule has 2 aromatic rings. The van der Waals surface area contributed by atoms with Crippen LogP contribution in [0, 0.1) is 0 Å². The van der Waals surface area contributed by atoms with Gasteiger partial charge in [-0.15, -0.1) is 11.3 Å². The summed E-state index contributed by atoms with van der Waals surface area (Å²) in [4.78, 5) is 6.23. The number of hydrogen-bond acceptors (Lipinski definition) is 4. The van der Waals surface area contributed by atoms with Crippen molar-refractivity contribution < 1.29 is 4.42 Å². The smallest absolute Gasteiger partial charge is 0.180 e. The van der Waals surface area contributed by atoms with Crippen LogP contribution >= 0.6 is 27.3 Å². The van der Waals surface area contributed by atoms with E-state index in [4.69, 9.17) is 4.42 Å². The van der Waals surface area contributed by atoms with Gasteiger partial charge in [0.15, 0.2) is 6.39 Å². The highest BCUT2D eigenvalue weighted by molar-refractivity contribution is 9.11. The molecule has 0 amide bonds. The van der Waals surface area contributed by atoms with Gasteiger partial charge in [0.1, 0.15) is 5.76 Å². The van der Waals surface area contributed by atoms with Crippen molar-refractivity contribution in [1.29, 1.82) is 0 Å². The molecular formula is C10H9BrN2OS. The zero-order valence-electron chi connectivity index (χ0n) is 8.11.